The van der Waals surface area contributed by atoms with Crippen molar-refractivity contribution in [3.05, 3.63) is 0 Å². The van der Waals surface area contributed by atoms with Crippen LogP contribution in [0.5, 0.6) is 0 Å². The first kappa shape index (κ1) is 73.7. The fraction of sp³-hybridized carbons (Fsp3) is 0.836. The topological polar surface area (TPSA) is 295 Å². The first-order chi connectivity index (χ1) is 38.8. The monoisotopic (exact) mass is 1170 g/mol. The highest BCUT2D eigenvalue weighted by atomic mass is 16.5. The number of carbonyl (C=O) groups excluding carboxylic acids is 10. The first-order valence-electron chi connectivity index (χ1n) is 31.2. The number of ether oxygens (including phenoxy) is 1. The Balaban J connectivity index is 2.19. The summed E-state index contributed by atoms with van der Waals surface area (Å²) >= 11 is 0. The second-order valence-electron chi connectivity index (χ2n) is 26.1. The van der Waals surface area contributed by atoms with Crippen LogP contribution in [0.3, 0.4) is 0 Å². The van der Waals surface area contributed by atoms with Crippen LogP contribution < -0.4 is 47.9 Å². The summed E-state index contributed by atoms with van der Waals surface area (Å²) in [5.41, 5.74) is -4.66. The number of nitrogens with zero attached hydrogens (tertiary/aromatic N) is 2. The Kier molecular flexibility index (Phi) is 32.4. The fourth-order valence-corrected chi connectivity index (χ4v) is 10.1. The van der Waals surface area contributed by atoms with Gasteiger partial charge in [-0.05, 0) is 111 Å². The summed E-state index contributed by atoms with van der Waals surface area (Å²) in [6.45, 7) is 30.4. The number of likely N-dealkylation sites (tertiary alicyclic amines) is 1. The van der Waals surface area contributed by atoms with Crippen LogP contribution in [-0.4, -0.2) is 168 Å². The van der Waals surface area contributed by atoms with E-state index in [1.165, 1.54) is 41.5 Å². The molecule has 2 heterocycles. The molecule has 83 heavy (non-hydrogen) atoms. The fourth-order valence-electron chi connectivity index (χ4n) is 10.1. The van der Waals surface area contributed by atoms with Gasteiger partial charge in [0, 0.05) is 51.6 Å². The van der Waals surface area contributed by atoms with E-state index in [2.05, 4.69) is 66.6 Å². The lowest BCUT2D eigenvalue weighted by Crippen LogP contribution is -2.65. The molecule has 0 spiro atoms. The molecule has 0 aromatic rings. The molecule has 2 saturated heterocycles. The highest BCUT2D eigenvalue weighted by Gasteiger charge is 2.41. The van der Waals surface area contributed by atoms with Gasteiger partial charge < -0.3 is 57.5 Å². The molecule has 476 valence electrons. The molecule has 0 saturated carbocycles. The number of nitrogens with one attached hydrogen (secondary N) is 9. The number of unbranched alkanes of at least 4 members (excludes halogenated alkanes) is 7. The highest BCUT2D eigenvalue weighted by Crippen LogP contribution is 2.21. The van der Waals surface area contributed by atoms with Crippen molar-refractivity contribution in [2.24, 2.45) is 17.8 Å². The molecule has 0 unspecified atom stereocenters. The largest absolute Gasteiger partial charge is 0.379 e. The smallest absolute Gasteiger partial charge is 0.246 e. The number of hydrogen-bond donors (Lipinski definition) is 9. The summed E-state index contributed by atoms with van der Waals surface area (Å²) in [5, 5.41) is 25.4. The van der Waals surface area contributed by atoms with Crippen molar-refractivity contribution >= 4 is 59.1 Å². The zero-order valence-corrected chi connectivity index (χ0v) is 53.6. The number of hydrogen-bond acceptors (Lipinski definition) is 12. The minimum Gasteiger partial charge on any atom is -0.379 e. The average molecular weight is 1170 g/mol. The molecule has 6 atom stereocenters. The standard InChI is InChI=1S/C61H111N11O11/c1-16-18-20-21-22-24-26-44(64-55(79)48-27-25-31-72(48)50(74)28-23-19-17-2)51(75)65-46(37-41(5)6)53(77)68-60(12,13)57(81)67-45(36-40(3)4)52(76)66-47(38-42(7)8)54(78)69-61(14,15)58(82)70-59(10,11)56(80)62-30-29-49(73)63-43(9)39-71-32-34-83-35-33-71/h40-48H,16-39H2,1-15H3,(H,62,80)(H,63,73)(H,64,79)(H,65,75)(H,66,76)(H,67,81)(H,68,77)(H,69,78)(H,70,82)/t43-,44-,45-,46-,47-,48-/m0/s1. The second-order valence-corrected chi connectivity index (χ2v) is 26.1. The van der Waals surface area contributed by atoms with Crippen molar-refractivity contribution in [1.29, 1.82) is 0 Å². The zero-order chi connectivity index (χ0) is 62.7. The third kappa shape index (κ3) is 27.5. The Morgan fingerprint density at radius 3 is 1.53 bits per heavy atom. The van der Waals surface area contributed by atoms with Gasteiger partial charge in [0.25, 0.3) is 0 Å². The number of rotatable bonds is 38. The van der Waals surface area contributed by atoms with Crippen molar-refractivity contribution in [3.8, 4) is 0 Å². The summed E-state index contributed by atoms with van der Waals surface area (Å²) in [4.78, 5) is 142. The van der Waals surface area contributed by atoms with Crippen molar-refractivity contribution in [1.82, 2.24) is 57.7 Å². The van der Waals surface area contributed by atoms with Crippen LogP contribution in [-0.2, 0) is 52.7 Å². The zero-order valence-electron chi connectivity index (χ0n) is 53.6. The van der Waals surface area contributed by atoms with Gasteiger partial charge in [0.2, 0.25) is 59.1 Å². The van der Waals surface area contributed by atoms with Gasteiger partial charge in [0.05, 0.1) is 13.2 Å². The molecule has 2 aliphatic rings. The Morgan fingerprint density at radius 2 is 0.988 bits per heavy atom. The minimum absolute atomic E-state index is 0.0272. The second kappa shape index (κ2) is 36.5. The molecule has 2 aliphatic heterocycles. The molecule has 9 N–H and O–H groups in total. The van der Waals surface area contributed by atoms with E-state index in [4.69, 9.17) is 4.74 Å². The summed E-state index contributed by atoms with van der Waals surface area (Å²) < 4.78 is 5.39. The van der Waals surface area contributed by atoms with E-state index in [1.807, 2.05) is 48.5 Å². The summed E-state index contributed by atoms with van der Waals surface area (Å²) in [6, 6.07) is -5.19. The predicted molar refractivity (Wildman–Crippen MR) is 322 cm³/mol. The molecule has 2 fully saturated rings. The Labute approximate surface area is 497 Å². The maximum atomic E-state index is 14.3. The van der Waals surface area contributed by atoms with Crippen molar-refractivity contribution in [3.63, 3.8) is 0 Å². The van der Waals surface area contributed by atoms with E-state index in [0.29, 0.717) is 58.4 Å². The van der Waals surface area contributed by atoms with Gasteiger partial charge in [0.15, 0.2) is 0 Å². The Morgan fingerprint density at radius 1 is 0.506 bits per heavy atom. The van der Waals surface area contributed by atoms with Crippen LogP contribution in [0, 0.1) is 17.8 Å². The lowest BCUT2D eigenvalue weighted by molar-refractivity contribution is -0.140. The SMILES string of the molecule is CCCCCCCC[C@H](NC(=O)[C@@H]1CCCN1C(=O)CCCCC)C(=O)N[C@@H](CC(C)C)C(=O)NC(C)(C)C(=O)N[C@@H](CC(C)C)C(=O)N[C@@H](CC(C)C)C(=O)NC(C)(C)C(=O)NC(C)(C)C(=O)NCCC(=O)N[C@@H](C)CN1CCOCC1. The van der Waals surface area contributed by atoms with E-state index in [0.717, 1.165) is 64.5 Å². The molecule has 0 bridgehead atoms. The third-order valence-electron chi connectivity index (χ3n) is 15.0. The van der Waals surface area contributed by atoms with E-state index < -0.39 is 94.1 Å². The minimum atomic E-state index is -1.62. The van der Waals surface area contributed by atoms with Crippen LogP contribution in [0.4, 0.5) is 0 Å². The van der Waals surface area contributed by atoms with Crippen LogP contribution in [0.25, 0.3) is 0 Å². The molecule has 0 aromatic heterocycles. The maximum absolute atomic E-state index is 14.3. The van der Waals surface area contributed by atoms with E-state index in [9.17, 15) is 47.9 Å². The van der Waals surface area contributed by atoms with E-state index in [1.54, 1.807) is 4.90 Å². The highest BCUT2D eigenvalue weighted by molar-refractivity contribution is 6.00. The summed E-state index contributed by atoms with van der Waals surface area (Å²) in [7, 11) is 0. The quantitative estimate of drug-likeness (QED) is 0.0389. The first-order valence-corrected chi connectivity index (χ1v) is 31.2. The van der Waals surface area contributed by atoms with Gasteiger partial charge in [0.1, 0.15) is 46.8 Å². The normalized spacial score (nSPS) is 16.9. The van der Waals surface area contributed by atoms with Crippen LogP contribution >= 0.6 is 0 Å². The van der Waals surface area contributed by atoms with E-state index in [-0.39, 0.29) is 67.8 Å². The van der Waals surface area contributed by atoms with Gasteiger partial charge in [-0.25, -0.2) is 0 Å². The maximum Gasteiger partial charge on any atom is 0.246 e. The lowest BCUT2D eigenvalue weighted by Gasteiger charge is -2.34. The van der Waals surface area contributed by atoms with Gasteiger partial charge in [-0.3, -0.25) is 52.8 Å². The number of amides is 10. The molecule has 2 rings (SSSR count). The Hall–Kier alpha value is -5.38. The molecule has 0 aliphatic carbocycles. The molecule has 0 aromatic carbocycles. The molecular formula is C61H111N11O11. The summed E-state index contributed by atoms with van der Waals surface area (Å²) in [6.07, 6.45) is 10.8. The van der Waals surface area contributed by atoms with Gasteiger partial charge in [-0.1, -0.05) is 107 Å². The average Bonchev–Trinajstić information content (AvgIpc) is 4.07. The van der Waals surface area contributed by atoms with Crippen LogP contribution in [0.2, 0.25) is 0 Å². The van der Waals surface area contributed by atoms with Gasteiger partial charge in [-0.15, -0.1) is 0 Å². The molecule has 22 nitrogen and oxygen atoms in total. The molecule has 10 amide bonds. The van der Waals surface area contributed by atoms with E-state index >= 15 is 0 Å². The molecular weight excluding hydrogens is 1060 g/mol. The van der Waals surface area contributed by atoms with Crippen LogP contribution in [0.1, 0.15) is 213 Å². The van der Waals surface area contributed by atoms with Crippen molar-refractivity contribution < 1.29 is 52.7 Å². The number of morpholine rings is 1. The molecule has 22 heteroatoms. The van der Waals surface area contributed by atoms with Crippen LogP contribution in [0.15, 0.2) is 0 Å². The Bertz CT molecular complexity index is 2110. The number of carbonyl (C=O) groups is 10. The van der Waals surface area contributed by atoms with Gasteiger partial charge >= 0.3 is 0 Å². The summed E-state index contributed by atoms with van der Waals surface area (Å²) in [5.74, 6) is -5.45. The predicted octanol–water partition coefficient (Wildman–Crippen LogP) is 4.41. The van der Waals surface area contributed by atoms with Crippen molar-refractivity contribution in [2.45, 2.75) is 266 Å². The third-order valence-corrected chi connectivity index (χ3v) is 15.0. The lowest BCUT2D eigenvalue weighted by atomic mass is 9.96. The van der Waals surface area contributed by atoms with Gasteiger partial charge in [-0.2, -0.15) is 0 Å². The van der Waals surface area contributed by atoms with Crippen molar-refractivity contribution in [2.75, 3.05) is 45.9 Å². The molecule has 0 radical (unpaired) electrons.